The highest BCUT2D eigenvalue weighted by atomic mass is 32.2. The summed E-state index contributed by atoms with van der Waals surface area (Å²) in [7, 11) is 4.01. The molecule has 1 aromatic carbocycles. The van der Waals surface area contributed by atoms with E-state index >= 15 is 0 Å². The van der Waals surface area contributed by atoms with Crippen LogP contribution in [0.25, 0.3) is 0 Å². The Morgan fingerprint density at radius 2 is 1.89 bits per heavy atom. The Hall–Kier alpha value is -2.13. The van der Waals surface area contributed by atoms with Gasteiger partial charge in [-0.25, -0.2) is 0 Å². The van der Waals surface area contributed by atoms with Crippen molar-refractivity contribution < 1.29 is 19.1 Å². The van der Waals surface area contributed by atoms with Gasteiger partial charge in [0, 0.05) is 42.5 Å². The van der Waals surface area contributed by atoms with Gasteiger partial charge in [-0.2, -0.15) is 0 Å². The second kappa shape index (κ2) is 15.1. The van der Waals surface area contributed by atoms with Gasteiger partial charge in [0.1, 0.15) is 18.1 Å². The van der Waals surface area contributed by atoms with Gasteiger partial charge in [0.25, 0.3) is 0 Å². The normalized spacial score (nSPS) is 15.0. The molecule has 0 radical (unpaired) electrons. The Morgan fingerprint density at radius 3 is 2.54 bits per heavy atom. The second-order valence-corrected chi connectivity index (χ2v) is 10.8. The highest BCUT2D eigenvalue weighted by Gasteiger charge is 2.34. The predicted molar refractivity (Wildman–Crippen MR) is 141 cm³/mol. The van der Waals surface area contributed by atoms with E-state index in [0.717, 1.165) is 80.3 Å². The number of esters is 1. The first kappa shape index (κ1) is 29.1. The summed E-state index contributed by atoms with van der Waals surface area (Å²) < 4.78 is 14.3. The van der Waals surface area contributed by atoms with Gasteiger partial charge in [0.05, 0.1) is 4.75 Å². The molecule has 0 spiro atoms. The predicted octanol–water partition coefficient (Wildman–Crippen LogP) is 5.20. The van der Waals surface area contributed by atoms with Crippen LogP contribution in [0.2, 0.25) is 0 Å². The Labute approximate surface area is 214 Å². The molecule has 0 aromatic heterocycles. The number of benzene rings is 1. The maximum atomic E-state index is 12.4. The van der Waals surface area contributed by atoms with E-state index in [9.17, 15) is 14.5 Å². The monoisotopic (exact) mass is 507 g/mol. The van der Waals surface area contributed by atoms with Crippen molar-refractivity contribution >= 4 is 23.8 Å². The molecule has 0 unspecified atom stereocenters. The molecule has 0 bridgehead atoms. The van der Waals surface area contributed by atoms with Crippen LogP contribution in [0, 0.1) is 11.8 Å². The van der Waals surface area contributed by atoms with Crippen molar-refractivity contribution in [2.75, 3.05) is 33.8 Å². The highest BCUT2D eigenvalue weighted by molar-refractivity contribution is 7.99. The van der Waals surface area contributed by atoms with E-state index in [-0.39, 0.29) is 29.5 Å². The van der Waals surface area contributed by atoms with E-state index in [1.807, 2.05) is 33.2 Å². The lowest BCUT2D eigenvalue weighted by Gasteiger charge is -2.33. The number of aryl methyl sites for hydroxylation is 2. The van der Waals surface area contributed by atoms with Crippen molar-refractivity contribution in [3.8, 4) is 11.5 Å². The number of carbonyl (C=O) groups excluding carboxylic acids is 2. The molecule has 0 atom stereocenters. The molecular formula is C26H41N3O5S. The van der Waals surface area contributed by atoms with Gasteiger partial charge in [0.2, 0.25) is 5.91 Å². The number of ether oxygens (including phenoxy) is 2. The number of rotatable bonds is 15. The molecule has 2 rings (SSSR count). The van der Waals surface area contributed by atoms with Crippen LogP contribution in [0.4, 0.5) is 0 Å². The number of hydrogen-bond donors (Lipinski definition) is 1. The van der Waals surface area contributed by atoms with Gasteiger partial charge in [0.15, 0.2) is 0 Å². The molecule has 0 aliphatic heterocycles. The van der Waals surface area contributed by atoms with Gasteiger partial charge in [-0.05, 0) is 70.0 Å². The summed E-state index contributed by atoms with van der Waals surface area (Å²) in [6, 6.07) is 3.83. The van der Waals surface area contributed by atoms with Crippen molar-refractivity contribution in [1.82, 2.24) is 10.2 Å². The molecule has 0 heterocycles. The second-order valence-electron chi connectivity index (χ2n) is 9.64. The van der Waals surface area contributed by atoms with Crippen LogP contribution in [0.1, 0.15) is 75.8 Å². The quantitative estimate of drug-likeness (QED) is 0.151. The van der Waals surface area contributed by atoms with E-state index < -0.39 is 0 Å². The lowest BCUT2D eigenvalue weighted by atomic mass is 9.88. The Balaban J connectivity index is 1.82. The molecule has 1 aromatic rings. The third kappa shape index (κ3) is 10.2. The number of nitroso groups, excluding NO2 is 1. The topological polar surface area (TPSA) is 97.3 Å². The van der Waals surface area contributed by atoms with Crippen LogP contribution in [-0.2, 0) is 16.0 Å². The highest BCUT2D eigenvalue weighted by Crippen LogP contribution is 2.40. The number of carbonyl (C=O) groups is 2. The Bertz CT molecular complexity index is 841. The van der Waals surface area contributed by atoms with E-state index in [2.05, 4.69) is 21.7 Å². The standard InChI is InChI=1S/C26H41N3O5S/c1-5-10-21-18-22(20(2)17-23(21)33-16-15-29(3)4)34-25(31)12-9-11-24(30)27-19-26(35-28-32)13-7-6-8-14-26/h17-18H,5-16,19H2,1-4H3,(H,27,30). The van der Waals surface area contributed by atoms with E-state index in [1.54, 1.807) is 0 Å². The summed E-state index contributed by atoms with van der Waals surface area (Å²) in [5, 5.41) is 2.93. The minimum absolute atomic E-state index is 0.116. The largest absolute Gasteiger partial charge is 0.492 e. The van der Waals surface area contributed by atoms with Gasteiger partial charge < -0.3 is 19.7 Å². The number of nitrogens with zero attached hydrogens (tertiary/aromatic N) is 2. The van der Waals surface area contributed by atoms with Crippen molar-refractivity contribution in [1.29, 1.82) is 0 Å². The van der Waals surface area contributed by atoms with E-state index in [1.165, 1.54) is 0 Å². The van der Waals surface area contributed by atoms with Crippen molar-refractivity contribution in [3.63, 3.8) is 0 Å². The number of hydrogen-bond acceptors (Lipinski definition) is 8. The van der Waals surface area contributed by atoms with Crippen molar-refractivity contribution in [2.45, 2.75) is 82.8 Å². The van der Waals surface area contributed by atoms with Gasteiger partial charge in [-0.3, -0.25) is 9.59 Å². The van der Waals surface area contributed by atoms with Crippen LogP contribution < -0.4 is 14.8 Å². The van der Waals surface area contributed by atoms with Crippen LogP contribution in [0.15, 0.2) is 16.7 Å². The third-order valence-corrected chi connectivity index (χ3v) is 7.30. The van der Waals surface area contributed by atoms with Gasteiger partial charge >= 0.3 is 5.97 Å². The number of nitrogens with one attached hydrogen (secondary N) is 1. The van der Waals surface area contributed by atoms with Crippen molar-refractivity contribution in [3.05, 3.63) is 28.2 Å². The maximum absolute atomic E-state index is 12.4. The van der Waals surface area contributed by atoms with Crippen molar-refractivity contribution in [2.24, 2.45) is 4.58 Å². The maximum Gasteiger partial charge on any atom is 0.311 e. The van der Waals surface area contributed by atoms with Gasteiger partial charge in [-0.15, -0.1) is 4.91 Å². The number of likely N-dealkylation sites (N-methyl/N-ethyl adjacent to an activating group) is 1. The Morgan fingerprint density at radius 1 is 1.14 bits per heavy atom. The molecule has 1 N–H and O–H groups in total. The fourth-order valence-electron chi connectivity index (χ4n) is 4.24. The molecule has 8 nitrogen and oxygen atoms in total. The van der Waals surface area contributed by atoms with E-state index in [4.69, 9.17) is 9.47 Å². The van der Waals surface area contributed by atoms with E-state index in [0.29, 0.717) is 25.3 Å². The molecule has 1 fully saturated rings. The first-order chi connectivity index (χ1) is 16.8. The minimum atomic E-state index is -0.353. The first-order valence-corrected chi connectivity index (χ1v) is 13.4. The van der Waals surface area contributed by atoms with Crippen LogP contribution in [-0.4, -0.2) is 55.3 Å². The lowest BCUT2D eigenvalue weighted by molar-refractivity contribution is -0.134. The average Bonchev–Trinajstić information content (AvgIpc) is 2.81. The molecule has 1 aliphatic rings. The van der Waals surface area contributed by atoms with Crippen LogP contribution in [0.3, 0.4) is 0 Å². The summed E-state index contributed by atoms with van der Waals surface area (Å²) in [5.74, 6) is 0.908. The fourth-order valence-corrected chi connectivity index (χ4v) is 5.01. The minimum Gasteiger partial charge on any atom is -0.492 e. The summed E-state index contributed by atoms with van der Waals surface area (Å²) in [6.07, 6.45) is 7.62. The third-order valence-electron chi connectivity index (χ3n) is 6.29. The zero-order chi connectivity index (χ0) is 25.7. The zero-order valence-electron chi connectivity index (χ0n) is 21.7. The summed E-state index contributed by atoms with van der Waals surface area (Å²) in [4.78, 5) is 37.7. The van der Waals surface area contributed by atoms with Crippen LogP contribution >= 0.6 is 11.9 Å². The fraction of sp³-hybridized carbons (Fsp3) is 0.692. The molecule has 35 heavy (non-hydrogen) atoms. The molecule has 1 amide bonds. The first-order valence-electron chi connectivity index (χ1n) is 12.7. The molecular weight excluding hydrogens is 466 g/mol. The molecule has 0 saturated heterocycles. The molecule has 1 saturated carbocycles. The lowest BCUT2D eigenvalue weighted by Crippen LogP contribution is -2.41. The summed E-state index contributed by atoms with van der Waals surface area (Å²) in [6.45, 7) is 5.86. The average molecular weight is 508 g/mol. The molecule has 196 valence electrons. The Kier molecular flexibility index (Phi) is 12.5. The molecule has 9 heteroatoms. The number of amides is 1. The zero-order valence-corrected chi connectivity index (χ0v) is 22.5. The van der Waals surface area contributed by atoms with Crippen LogP contribution in [0.5, 0.6) is 11.5 Å². The van der Waals surface area contributed by atoms with Gasteiger partial charge in [-0.1, -0.05) is 32.6 Å². The summed E-state index contributed by atoms with van der Waals surface area (Å²) >= 11 is 1.05. The summed E-state index contributed by atoms with van der Waals surface area (Å²) in [5.41, 5.74) is 1.87. The SMILES string of the molecule is CCCc1cc(OC(=O)CCCC(=O)NCC2(SN=O)CCCCC2)c(C)cc1OCCN(C)C. The smallest absolute Gasteiger partial charge is 0.311 e. The molecule has 1 aliphatic carbocycles.